The minimum atomic E-state index is -0.170. The molecule has 0 aromatic carbocycles. The Morgan fingerprint density at radius 3 is 2.67 bits per heavy atom. The number of rotatable bonds is 2. The molecule has 0 N–H and O–H groups in total. The van der Waals surface area contributed by atoms with Crippen LogP contribution < -0.4 is 5.56 Å². The van der Waals surface area contributed by atoms with Crippen molar-refractivity contribution in [3.63, 3.8) is 0 Å². The van der Waals surface area contributed by atoms with Gasteiger partial charge in [0.25, 0.3) is 5.56 Å². The smallest absolute Gasteiger partial charge is 0.267 e. The lowest BCUT2D eigenvalue weighted by Crippen LogP contribution is -2.22. The van der Waals surface area contributed by atoms with Gasteiger partial charge in [-0.25, -0.2) is 4.68 Å². The summed E-state index contributed by atoms with van der Waals surface area (Å²) >= 11 is 5.70. The second kappa shape index (κ2) is 4.23. The molecule has 2 aromatic rings. The molecular weight excluding hydrogens is 214 g/mol. The first-order chi connectivity index (χ1) is 7.25. The van der Waals surface area contributed by atoms with Crippen LogP contribution in [0.25, 0.3) is 0 Å². The maximum absolute atomic E-state index is 11.4. The van der Waals surface area contributed by atoms with E-state index in [0.29, 0.717) is 11.7 Å². The Hall–Kier alpha value is -1.68. The van der Waals surface area contributed by atoms with E-state index in [1.54, 1.807) is 12.4 Å². The summed E-state index contributed by atoms with van der Waals surface area (Å²) in [5.74, 6) is 0. The Morgan fingerprint density at radius 1 is 1.20 bits per heavy atom. The van der Waals surface area contributed by atoms with Crippen LogP contribution >= 0.6 is 11.6 Å². The highest BCUT2D eigenvalue weighted by Gasteiger charge is 1.99. The summed E-state index contributed by atoms with van der Waals surface area (Å²) in [6.07, 6.45) is 3.34. The first-order valence-corrected chi connectivity index (χ1v) is 4.76. The van der Waals surface area contributed by atoms with E-state index >= 15 is 0 Å². The van der Waals surface area contributed by atoms with Gasteiger partial charge in [-0.15, -0.1) is 0 Å². The van der Waals surface area contributed by atoms with E-state index in [9.17, 15) is 4.79 Å². The molecule has 4 nitrogen and oxygen atoms in total. The van der Waals surface area contributed by atoms with Gasteiger partial charge in [-0.1, -0.05) is 11.6 Å². The van der Waals surface area contributed by atoms with Crippen LogP contribution in [0.5, 0.6) is 0 Å². The van der Waals surface area contributed by atoms with Crippen molar-refractivity contribution in [1.29, 1.82) is 0 Å². The van der Waals surface area contributed by atoms with Crippen LogP contribution in [0, 0.1) is 0 Å². The van der Waals surface area contributed by atoms with E-state index in [0.717, 1.165) is 5.56 Å². The molecule has 0 spiro atoms. The third kappa shape index (κ3) is 2.41. The number of nitrogens with zero attached hydrogens (tertiary/aromatic N) is 3. The van der Waals surface area contributed by atoms with Crippen LogP contribution in [0.3, 0.4) is 0 Å². The monoisotopic (exact) mass is 221 g/mol. The van der Waals surface area contributed by atoms with E-state index in [4.69, 9.17) is 11.6 Å². The molecule has 2 heterocycles. The molecule has 0 saturated carbocycles. The molecule has 0 aliphatic rings. The summed E-state index contributed by atoms with van der Waals surface area (Å²) in [4.78, 5) is 15.3. The van der Waals surface area contributed by atoms with E-state index in [-0.39, 0.29) is 5.56 Å². The van der Waals surface area contributed by atoms with Gasteiger partial charge in [-0.2, -0.15) is 5.10 Å². The number of pyridine rings is 1. The zero-order valence-corrected chi connectivity index (χ0v) is 8.55. The van der Waals surface area contributed by atoms with Crippen LogP contribution in [-0.4, -0.2) is 14.8 Å². The van der Waals surface area contributed by atoms with Crippen LogP contribution in [0.4, 0.5) is 0 Å². The molecule has 0 unspecified atom stereocenters. The Kier molecular flexibility index (Phi) is 2.78. The average molecular weight is 222 g/mol. The second-order valence-electron chi connectivity index (χ2n) is 3.01. The molecule has 0 bridgehead atoms. The van der Waals surface area contributed by atoms with Crippen molar-refractivity contribution in [2.75, 3.05) is 0 Å². The van der Waals surface area contributed by atoms with Crippen molar-refractivity contribution in [1.82, 2.24) is 14.8 Å². The van der Waals surface area contributed by atoms with Crippen molar-refractivity contribution in [3.05, 3.63) is 57.7 Å². The first kappa shape index (κ1) is 9.86. The second-order valence-corrected chi connectivity index (χ2v) is 3.39. The van der Waals surface area contributed by atoms with Gasteiger partial charge in [0.15, 0.2) is 0 Å². The van der Waals surface area contributed by atoms with Gasteiger partial charge in [-0.05, 0) is 23.8 Å². The Balaban J connectivity index is 2.32. The summed E-state index contributed by atoms with van der Waals surface area (Å²) in [6.45, 7) is 0.405. The molecule has 76 valence electrons. The third-order valence-corrected chi connectivity index (χ3v) is 2.12. The summed E-state index contributed by atoms with van der Waals surface area (Å²) in [6, 6.07) is 6.54. The van der Waals surface area contributed by atoms with Crippen LogP contribution in [0.1, 0.15) is 5.56 Å². The number of hydrogen-bond acceptors (Lipinski definition) is 3. The largest absolute Gasteiger partial charge is 0.268 e. The van der Waals surface area contributed by atoms with E-state index < -0.39 is 0 Å². The summed E-state index contributed by atoms with van der Waals surface area (Å²) in [5, 5.41) is 4.23. The highest BCUT2D eigenvalue weighted by Crippen LogP contribution is 2.01. The van der Waals surface area contributed by atoms with Crippen molar-refractivity contribution in [3.8, 4) is 0 Å². The quantitative estimate of drug-likeness (QED) is 0.769. The van der Waals surface area contributed by atoms with Gasteiger partial charge in [-0.3, -0.25) is 9.78 Å². The first-order valence-electron chi connectivity index (χ1n) is 4.38. The van der Waals surface area contributed by atoms with Crippen molar-refractivity contribution in [2.24, 2.45) is 0 Å². The predicted octanol–water partition coefficient (Wildman–Crippen LogP) is 1.34. The van der Waals surface area contributed by atoms with Crippen molar-refractivity contribution < 1.29 is 0 Å². The molecule has 0 aliphatic heterocycles. The Morgan fingerprint density at radius 2 is 1.93 bits per heavy atom. The molecule has 2 aromatic heterocycles. The van der Waals surface area contributed by atoms with Crippen molar-refractivity contribution >= 4 is 11.6 Å². The van der Waals surface area contributed by atoms with Gasteiger partial charge in [0, 0.05) is 18.5 Å². The van der Waals surface area contributed by atoms with Crippen LogP contribution in [-0.2, 0) is 6.54 Å². The predicted molar refractivity (Wildman–Crippen MR) is 56.8 cm³/mol. The molecule has 0 radical (unpaired) electrons. The summed E-state index contributed by atoms with van der Waals surface area (Å²) < 4.78 is 1.32. The maximum Gasteiger partial charge on any atom is 0.267 e. The number of hydrogen-bond donors (Lipinski definition) is 0. The van der Waals surface area contributed by atoms with E-state index in [2.05, 4.69) is 10.1 Å². The molecule has 0 saturated heterocycles. The standard InChI is InChI=1S/C10H8ClN3O/c11-9-1-2-10(15)14(13-9)7-8-3-5-12-6-4-8/h1-6H,7H2. The topological polar surface area (TPSA) is 47.8 Å². The minimum absolute atomic E-state index is 0.170. The van der Waals surface area contributed by atoms with Crippen LogP contribution in [0.15, 0.2) is 41.5 Å². The lowest BCUT2D eigenvalue weighted by Gasteiger charge is -2.03. The molecular formula is C10H8ClN3O. The third-order valence-electron chi connectivity index (χ3n) is 1.92. The van der Waals surface area contributed by atoms with Gasteiger partial charge in [0.2, 0.25) is 0 Å². The zero-order chi connectivity index (χ0) is 10.7. The average Bonchev–Trinajstić information content (AvgIpc) is 2.25. The fourth-order valence-electron chi connectivity index (χ4n) is 1.20. The highest BCUT2D eigenvalue weighted by molar-refractivity contribution is 6.29. The molecule has 2 rings (SSSR count). The van der Waals surface area contributed by atoms with Crippen molar-refractivity contribution in [2.45, 2.75) is 6.54 Å². The van der Waals surface area contributed by atoms with Gasteiger partial charge in [0.1, 0.15) is 5.15 Å². The van der Waals surface area contributed by atoms with E-state index in [1.807, 2.05) is 12.1 Å². The molecule has 0 aliphatic carbocycles. The fourth-order valence-corrected chi connectivity index (χ4v) is 1.35. The summed E-state index contributed by atoms with van der Waals surface area (Å²) in [5.41, 5.74) is 0.790. The molecule has 0 fully saturated rings. The molecule has 0 amide bonds. The minimum Gasteiger partial charge on any atom is -0.268 e. The lowest BCUT2D eigenvalue weighted by atomic mass is 10.3. The Bertz CT molecular complexity index is 510. The van der Waals surface area contributed by atoms with E-state index in [1.165, 1.54) is 16.8 Å². The summed E-state index contributed by atoms with van der Waals surface area (Å²) in [7, 11) is 0. The van der Waals surface area contributed by atoms with Gasteiger partial charge in [0.05, 0.1) is 6.54 Å². The highest BCUT2D eigenvalue weighted by atomic mass is 35.5. The molecule has 5 heteroatoms. The number of halogens is 1. The van der Waals surface area contributed by atoms with Gasteiger partial charge >= 0.3 is 0 Å². The number of aromatic nitrogens is 3. The maximum atomic E-state index is 11.4. The SMILES string of the molecule is O=c1ccc(Cl)nn1Cc1ccncc1. The molecule has 0 atom stereocenters. The Labute approximate surface area is 91.2 Å². The molecule has 15 heavy (non-hydrogen) atoms. The zero-order valence-electron chi connectivity index (χ0n) is 7.80. The fraction of sp³-hybridized carbons (Fsp3) is 0.100. The lowest BCUT2D eigenvalue weighted by molar-refractivity contribution is 0.639. The van der Waals surface area contributed by atoms with Gasteiger partial charge < -0.3 is 0 Å². The normalized spacial score (nSPS) is 10.2. The van der Waals surface area contributed by atoms with Crippen LogP contribution in [0.2, 0.25) is 5.15 Å².